The van der Waals surface area contributed by atoms with Crippen molar-refractivity contribution in [3.63, 3.8) is 0 Å². The quantitative estimate of drug-likeness (QED) is 0.150. The fourth-order valence-corrected chi connectivity index (χ4v) is 5.52. The van der Waals surface area contributed by atoms with Crippen LogP contribution >= 0.6 is 11.9 Å². The smallest absolute Gasteiger partial charge is 0.340 e. The number of aryl methyl sites for hydroxylation is 1. The van der Waals surface area contributed by atoms with Crippen molar-refractivity contribution in [2.75, 3.05) is 0 Å². The highest BCUT2D eigenvalue weighted by Crippen LogP contribution is 2.38. The highest BCUT2D eigenvalue weighted by Gasteiger charge is 2.34. The number of benzene rings is 2. The number of pyridine rings is 2. The lowest BCUT2D eigenvalue weighted by Crippen LogP contribution is -2.32. The maximum absolute atomic E-state index is 14.5. The van der Waals surface area contributed by atoms with Gasteiger partial charge < -0.3 is 14.4 Å². The number of carbonyl (C=O) groups excluding carboxylic acids is 1. The van der Waals surface area contributed by atoms with Crippen molar-refractivity contribution < 1.29 is 24.0 Å². The third kappa shape index (κ3) is 3.85. The molecular formula is C26H19FN4O6S. The number of aliphatic hydroxyl groups is 1. The third-order valence-corrected chi connectivity index (χ3v) is 7.64. The fraction of sp³-hybridized carbons (Fsp3) is 0.192. The van der Waals surface area contributed by atoms with Crippen molar-refractivity contribution in [1.82, 2.24) is 14.3 Å². The van der Waals surface area contributed by atoms with Gasteiger partial charge in [-0.25, -0.2) is 14.2 Å². The summed E-state index contributed by atoms with van der Waals surface area (Å²) in [5.41, 5.74) is 3.37. The second-order valence-electron chi connectivity index (χ2n) is 9.08. The minimum atomic E-state index is -1.57. The Morgan fingerprint density at radius 3 is 2.74 bits per heavy atom. The van der Waals surface area contributed by atoms with Crippen LogP contribution in [0.5, 0.6) is 0 Å². The summed E-state index contributed by atoms with van der Waals surface area (Å²) in [5, 5.41) is 22.0. The van der Waals surface area contributed by atoms with Crippen molar-refractivity contribution in [3.05, 3.63) is 96.6 Å². The Balaban J connectivity index is 1.43. The molecule has 0 saturated heterocycles. The summed E-state index contributed by atoms with van der Waals surface area (Å²) in [6.45, 7) is 1.97. The average Bonchev–Trinajstić information content (AvgIpc) is 3.26. The van der Waals surface area contributed by atoms with Gasteiger partial charge in [0.05, 0.1) is 33.9 Å². The average molecular weight is 535 g/mol. The molecule has 0 bridgehead atoms. The predicted octanol–water partition coefficient (Wildman–Crippen LogP) is 3.67. The van der Waals surface area contributed by atoms with Gasteiger partial charge in [-0.05, 0) is 54.3 Å². The van der Waals surface area contributed by atoms with E-state index in [-0.39, 0.29) is 35.5 Å². The fourth-order valence-electron chi connectivity index (χ4n) is 4.87. The Morgan fingerprint density at radius 1 is 1.24 bits per heavy atom. The van der Waals surface area contributed by atoms with Gasteiger partial charge in [-0.3, -0.25) is 19.6 Å². The Hall–Kier alpha value is -4.13. The van der Waals surface area contributed by atoms with E-state index in [1.54, 1.807) is 31.2 Å². The lowest BCUT2D eigenvalue weighted by atomic mass is 9.98. The molecule has 38 heavy (non-hydrogen) atoms. The number of nitro groups is 1. The highest BCUT2D eigenvalue weighted by atomic mass is 32.2. The van der Waals surface area contributed by atoms with Crippen molar-refractivity contribution in [2.24, 2.45) is 0 Å². The summed E-state index contributed by atoms with van der Waals surface area (Å²) in [7, 11) is 0. The number of nitrogens with one attached hydrogen (secondary N) is 1. The molecule has 0 fully saturated rings. The third-order valence-electron chi connectivity index (χ3n) is 6.84. The number of ether oxygens (including phenoxy) is 1. The first-order valence-electron chi connectivity index (χ1n) is 11.6. The topological polar surface area (TPSA) is 137 Å². The van der Waals surface area contributed by atoms with Crippen LogP contribution in [0.3, 0.4) is 0 Å². The van der Waals surface area contributed by atoms with E-state index in [1.165, 1.54) is 34.7 Å². The number of nitro benzene ring substituents is 1. The van der Waals surface area contributed by atoms with Crippen LogP contribution in [0.15, 0.2) is 52.2 Å². The molecule has 6 rings (SSSR count). The van der Waals surface area contributed by atoms with Gasteiger partial charge in [-0.1, -0.05) is 0 Å². The molecule has 4 aromatic rings. The SMILES string of the molecule is Cc1cc2c(CNSc3ccc([N+](=O)[O-])cc3)c3c(nc2cc1F)-c1cc2c(c(=O)n1C3)COC(=O)C2O. The highest BCUT2D eigenvalue weighted by molar-refractivity contribution is 7.97. The first-order chi connectivity index (χ1) is 18.2. The first kappa shape index (κ1) is 24.2. The van der Waals surface area contributed by atoms with E-state index in [0.29, 0.717) is 29.0 Å². The molecule has 0 saturated carbocycles. The summed E-state index contributed by atoms with van der Waals surface area (Å²) in [4.78, 5) is 41.1. The molecule has 2 N–H and O–H groups in total. The monoisotopic (exact) mass is 534 g/mol. The predicted molar refractivity (Wildman–Crippen MR) is 136 cm³/mol. The van der Waals surface area contributed by atoms with Crippen LogP contribution in [-0.4, -0.2) is 25.6 Å². The number of fused-ring (bicyclic) bond motifs is 5. The molecule has 12 heteroatoms. The molecule has 0 aliphatic carbocycles. The van der Waals surface area contributed by atoms with Crippen LogP contribution in [0, 0.1) is 22.9 Å². The van der Waals surface area contributed by atoms with Crippen LogP contribution in [0.2, 0.25) is 0 Å². The maximum atomic E-state index is 14.5. The van der Waals surface area contributed by atoms with E-state index < -0.39 is 22.8 Å². The number of aromatic nitrogens is 2. The molecule has 0 amide bonds. The van der Waals surface area contributed by atoms with Gasteiger partial charge in [-0.15, -0.1) is 0 Å². The molecule has 0 spiro atoms. The zero-order valence-corrected chi connectivity index (χ0v) is 20.7. The number of halogens is 1. The molecule has 2 aromatic heterocycles. The Kier molecular flexibility index (Phi) is 5.74. The molecule has 10 nitrogen and oxygen atoms in total. The van der Waals surface area contributed by atoms with Gasteiger partial charge >= 0.3 is 5.97 Å². The number of cyclic esters (lactones) is 1. The number of nitrogens with zero attached hydrogens (tertiary/aromatic N) is 3. The van der Waals surface area contributed by atoms with Crippen LogP contribution in [-0.2, 0) is 29.2 Å². The van der Waals surface area contributed by atoms with Crippen LogP contribution in [0.25, 0.3) is 22.3 Å². The Morgan fingerprint density at radius 2 is 2.00 bits per heavy atom. The van der Waals surface area contributed by atoms with Gasteiger partial charge in [0.1, 0.15) is 12.4 Å². The van der Waals surface area contributed by atoms with E-state index in [0.717, 1.165) is 21.4 Å². The number of rotatable bonds is 5. The van der Waals surface area contributed by atoms with E-state index in [1.807, 2.05) is 0 Å². The molecule has 0 radical (unpaired) electrons. The molecule has 2 aliphatic heterocycles. The molecule has 2 aliphatic rings. The normalized spacial score (nSPS) is 15.7. The van der Waals surface area contributed by atoms with E-state index in [4.69, 9.17) is 9.72 Å². The summed E-state index contributed by atoms with van der Waals surface area (Å²) in [6.07, 6.45) is -1.57. The molecule has 1 atom stereocenters. The van der Waals surface area contributed by atoms with E-state index >= 15 is 0 Å². The minimum Gasteiger partial charge on any atom is -0.458 e. The van der Waals surface area contributed by atoms with Crippen molar-refractivity contribution in [1.29, 1.82) is 0 Å². The lowest BCUT2D eigenvalue weighted by molar-refractivity contribution is -0.384. The molecule has 4 heterocycles. The summed E-state index contributed by atoms with van der Waals surface area (Å²) < 4.78 is 24.3. The number of non-ortho nitro benzene ring substituents is 1. The second-order valence-corrected chi connectivity index (χ2v) is 10.0. The van der Waals surface area contributed by atoms with Crippen LogP contribution < -0.4 is 10.3 Å². The van der Waals surface area contributed by atoms with Crippen LogP contribution in [0.4, 0.5) is 10.1 Å². The van der Waals surface area contributed by atoms with Crippen molar-refractivity contribution in [3.8, 4) is 11.4 Å². The number of esters is 1. The lowest BCUT2D eigenvalue weighted by Gasteiger charge is -2.21. The summed E-state index contributed by atoms with van der Waals surface area (Å²) >= 11 is 1.28. The summed E-state index contributed by atoms with van der Waals surface area (Å²) in [5.74, 6) is -1.24. The van der Waals surface area contributed by atoms with Gasteiger partial charge in [-0.2, -0.15) is 0 Å². The van der Waals surface area contributed by atoms with Gasteiger partial charge in [0, 0.05) is 46.2 Å². The molecular weight excluding hydrogens is 515 g/mol. The van der Waals surface area contributed by atoms with Crippen LogP contribution in [0.1, 0.15) is 33.9 Å². The van der Waals surface area contributed by atoms with Gasteiger partial charge in [0.25, 0.3) is 11.2 Å². The second kappa shape index (κ2) is 9.01. The molecule has 1 unspecified atom stereocenters. The van der Waals surface area contributed by atoms with Crippen molar-refractivity contribution in [2.45, 2.75) is 37.6 Å². The largest absolute Gasteiger partial charge is 0.458 e. The maximum Gasteiger partial charge on any atom is 0.340 e. The standard InChI is InChI=1S/C26H19FN4O6S/c1-12-6-15-17(9-28-38-14-4-2-13(3-5-14)31(35)36)18-10-30-22(23(18)29-21(15)8-20(12)27)7-16-19(25(30)33)11-37-26(34)24(16)32/h2-8,24,28,32H,9-11H2,1H3. The summed E-state index contributed by atoms with van der Waals surface area (Å²) in [6, 6.07) is 10.8. The zero-order valence-electron chi connectivity index (χ0n) is 19.9. The first-order valence-corrected chi connectivity index (χ1v) is 12.4. The Bertz CT molecular complexity index is 1740. The Labute approximate surface area is 218 Å². The molecule has 2 aromatic carbocycles. The zero-order chi connectivity index (χ0) is 26.7. The minimum absolute atomic E-state index is 0.00655. The number of carbonyl (C=O) groups is 1. The number of hydrogen-bond donors (Lipinski definition) is 2. The molecule has 192 valence electrons. The van der Waals surface area contributed by atoms with E-state index in [9.17, 15) is 29.2 Å². The van der Waals surface area contributed by atoms with Gasteiger partial charge in [0.2, 0.25) is 0 Å². The number of hydrogen-bond acceptors (Lipinski definition) is 9. The number of aliphatic hydroxyl groups excluding tert-OH is 1. The van der Waals surface area contributed by atoms with Gasteiger partial charge in [0.15, 0.2) is 6.10 Å². The van der Waals surface area contributed by atoms with Crippen molar-refractivity contribution >= 4 is 34.5 Å². The van der Waals surface area contributed by atoms with E-state index in [2.05, 4.69) is 4.72 Å².